The van der Waals surface area contributed by atoms with Crippen molar-refractivity contribution in [3.8, 4) is 0 Å². The summed E-state index contributed by atoms with van der Waals surface area (Å²) in [5.41, 5.74) is 4.19. The molecule has 0 aliphatic rings. The smallest absolute Gasteiger partial charge is 0.267 e. The lowest BCUT2D eigenvalue weighted by Crippen LogP contribution is -2.17. The molecule has 0 radical (unpaired) electrons. The van der Waals surface area contributed by atoms with Gasteiger partial charge in [-0.3, -0.25) is 4.79 Å². The predicted octanol–water partition coefficient (Wildman–Crippen LogP) is 4.36. The zero-order valence-electron chi connectivity index (χ0n) is 12.9. The molecule has 0 fully saturated rings. The molecule has 5 nitrogen and oxygen atoms in total. The third-order valence-corrected chi connectivity index (χ3v) is 5.58. The molecular formula is C17H13BrN4OS2. The molecule has 0 atom stereocenters. The number of rotatable bonds is 6. The van der Waals surface area contributed by atoms with Gasteiger partial charge in [-0.1, -0.05) is 23.9 Å². The molecule has 3 aromatic rings. The number of benzene rings is 1. The molecule has 1 amide bonds. The summed E-state index contributed by atoms with van der Waals surface area (Å²) < 4.78 is 1.02. The Hall–Kier alpha value is -2.03. The second-order valence-electron chi connectivity index (χ2n) is 4.86. The SMILES string of the molecule is O=C(N/N=C\c1ccc(Br)s1)c1ccc(CSc2ncccn2)cc1. The Labute approximate surface area is 161 Å². The Bertz CT molecular complexity index is 866. The molecule has 0 saturated carbocycles. The number of nitrogens with one attached hydrogen (secondary N) is 1. The fourth-order valence-electron chi connectivity index (χ4n) is 1.88. The molecule has 0 unspecified atom stereocenters. The molecule has 8 heteroatoms. The number of thiophene rings is 1. The first kappa shape index (κ1) is 17.8. The maximum absolute atomic E-state index is 12.1. The molecule has 0 aliphatic heterocycles. The van der Waals surface area contributed by atoms with Crippen LogP contribution in [0.5, 0.6) is 0 Å². The standard InChI is InChI=1S/C17H13BrN4OS2/c18-15-7-6-14(25-15)10-21-22-16(23)13-4-2-12(3-5-13)11-24-17-19-8-1-9-20-17/h1-10H,11H2,(H,22,23)/b21-10-. The second-order valence-corrected chi connectivity index (χ2v) is 8.30. The highest BCUT2D eigenvalue weighted by molar-refractivity contribution is 9.11. The normalized spacial score (nSPS) is 10.9. The van der Waals surface area contributed by atoms with Gasteiger partial charge in [0.1, 0.15) is 0 Å². The van der Waals surface area contributed by atoms with E-state index in [0.29, 0.717) is 5.56 Å². The molecule has 2 aromatic heterocycles. The average molecular weight is 433 g/mol. The maximum Gasteiger partial charge on any atom is 0.271 e. The topological polar surface area (TPSA) is 67.2 Å². The number of halogens is 1. The number of carbonyl (C=O) groups is 1. The minimum atomic E-state index is -0.238. The van der Waals surface area contributed by atoms with Crippen LogP contribution >= 0.6 is 39.0 Å². The molecule has 0 bridgehead atoms. The molecule has 0 saturated heterocycles. The number of hydrazone groups is 1. The highest BCUT2D eigenvalue weighted by Crippen LogP contribution is 2.20. The molecule has 0 spiro atoms. The van der Waals surface area contributed by atoms with Gasteiger partial charge in [0.05, 0.1) is 10.0 Å². The molecule has 126 valence electrons. The third kappa shape index (κ3) is 5.48. The van der Waals surface area contributed by atoms with E-state index in [1.807, 2.05) is 24.3 Å². The van der Waals surface area contributed by atoms with Crippen LogP contribution in [0.1, 0.15) is 20.8 Å². The van der Waals surface area contributed by atoms with Gasteiger partial charge in [0.2, 0.25) is 0 Å². The van der Waals surface area contributed by atoms with Gasteiger partial charge in [-0.25, -0.2) is 15.4 Å². The van der Waals surface area contributed by atoms with Crippen LogP contribution in [0.4, 0.5) is 0 Å². The zero-order valence-corrected chi connectivity index (χ0v) is 16.1. The van der Waals surface area contributed by atoms with E-state index in [1.54, 1.807) is 59.9 Å². The van der Waals surface area contributed by atoms with Crippen molar-refractivity contribution in [2.75, 3.05) is 0 Å². The molecule has 25 heavy (non-hydrogen) atoms. The van der Waals surface area contributed by atoms with Crippen molar-refractivity contribution in [3.05, 3.63) is 74.6 Å². The van der Waals surface area contributed by atoms with Crippen molar-refractivity contribution in [2.24, 2.45) is 5.10 Å². The van der Waals surface area contributed by atoms with Crippen LogP contribution < -0.4 is 5.43 Å². The Kier molecular flexibility index (Phi) is 6.32. The molecule has 1 N–H and O–H groups in total. The quantitative estimate of drug-likeness (QED) is 0.272. The number of hydrogen-bond donors (Lipinski definition) is 1. The zero-order chi connectivity index (χ0) is 17.5. The number of carbonyl (C=O) groups excluding carboxylic acids is 1. The van der Waals surface area contributed by atoms with E-state index in [0.717, 1.165) is 25.1 Å². The van der Waals surface area contributed by atoms with E-state index in [9.17, 15) is 4.79 Å². The van der Waals surface area contributed by atoms with Crippen LogP contribution in [0.25, 0.3) is 0 Å². The van der Waals surface area contributed by atoms with Gasteiger partial charge < -0.3 is 0 Å². The van der Waals surface area contributed by atoms with E-state index in [1.165, 1.54) is 0 Å². The average Bonchev–Trinajstić information content (AvgIpc) is 3.06. The summed E-state index contributed by atoms with van der Waals surface area (Å²) in [6, 6.07) is 13.1. The Morgan fingerprint density at radius 3 is 2.64 bits per heavy atom. The van der Waals surface area contributed by atoms with Crippen LogP contribution in [-0.4, -0.2) is 22.1 Å². The summed E-state index contributed by atoms with van der Waals surface area (Å²) in [6.45, 7) is 0. The molecular weight excluding hydrogens is 420 g/mol. The summed E-state index contributed by atoms with van der Waals surface area (Å²) in [4.78, 5) is 21.4. The van der Waals surface area contributed by atoms with Crippen molar-refractivity contribution in [3.63, 3.8) is 0 Å². The van der Waals surface area contributed by atoms with Gasteiger partial charge in [0, 0.05) is 28.6 Å². The lowest BCUT2D eigenvalue weighted by molar-refractivity contribution is 0.0955. The van der Waals surface area contributed by atoms with Crippen molar-refractivity contribution in [1.29, 1.82) is 0 Å². The van der Waals surface area contributed by atoms with Gasteiger partial charge in [-0.15, -0.1) is 11.3 Å². The number of amides is 1. The summed E-state index contributed by atoms with van der Waals surface area (Å²) in [5.74, 6) is 0.509. The second kappa shape index (κ2) is 8.89. The van der Waals surface area contributed by atoms with E-state index >= 15 is 0 Å². The number of nitrogens with zero attached hydrogens (tertiary/aromatic N) is 3. The Morgan fingerprint density at radius 2 is 1.96 bits per heavy atom. The fraction of sp³-hybridized carbons (Fsp3) is 0.0588. The highest BCUT2D eigenvalue weighted by atomic mass is 79.9. The highest BCUT2D eigenvalue weighted by Gasteiger charge is 2.05. The largest absolute Gasteiger partial charge is 0.271 e. The van der Waals surface area contributed by atoms with Crippen LogP contribution in [0.15, 0.2) is 68.9 Å². The predicted molar refractivity (Wildman–Crippen MR) is 105 cm³/mol. The third-order valence-electron chi connectivity index (χ3n) is 3.08. The van der Waals surface area contributed by atoms with E-state index < -0.39 is 0 Å². The van der Waals surface area contributed by atoms with Crippen LogP contribution in [0.3, 0.4) is 0 Å². The number of hydrogen-bond acceptors (Lipinski definition) is 6. The van der Waals surface area contributed by atoms with Crippen LogP contribution in [0, 0.1) is 0 Å². The first-order chi connectivity index (χ1) is 12.2. The van der Waals surface area contributed by atoms with Gasteiger partial charge in [0.15, 0.2) is 5.16 Å². The van der Waals surface area contributed by atoms with E-state index in [4.69, 9.17) is 0 Å². The minimum absolute atomic E-state index is 0.238. The Balaban J connectivity index is 1.52. The summed E-state index contributed by atoms with van der Waals surface area (Å²) in [5, 5.41) is 4.71. The van der Waals surface area contributed by atoms with Crippen molar-refractivity contribution >= 4 is 51.2 Å². The monoisotopic (exact) mass is 432 g/mol. The summed E-state index contributed by atoms with van der Waals surface area (Å²) in [7, 11) is 0. The number of thioether (sulfide) groups is 1. The fourth-order valence-corrected chi connectivity index (χ4v) is 3.93. The van der Waals surface area contributed by atoms with Gasteiger partial charge in [-0.05, 0) is 51.8 Å². The number of aromatic nitrogens is 2. The molecule has 3 rings (SSSR count). The van der Waals surface area contributed by atoms with Crippen molar-refractivity contribution < 1.29 is 4.79 Å². The van der Waals surface area contributed by atoms with Gasteiger partial charge in [-0.2, -0.15) is 5.10 Å². The summed E-state index contributed by atoms with van der Waals surface area (Å²) in [6.07, 6.45) is 5.06. The van der Waals surface area contributed by atoms with E-state index in [-0.39, 0.29) is 5.91 Å². The van der Waals surface area contributed by atoms with Crippen LogP contribution in [-0.2, 0) is 5.75 Å². The minimum Gasteiger partial charge on any atom is -0.267 e. The van der Waals surface area contributed by atoms with Crippen molar-refractivity contribution in [1.82, 2.24) is 15.4 Å². The van der Waals surface area contributed by atoms with Gasteiger partial charge in [0.25, 0.3) is 5.91 Å². The lowest BCUT2D eigenvalue weighted by Gasteiger charge is -2.03. The molecule has 2 heterocycles. The first-order valence-electron chi connectivity index (χ1n) is 7.28. The Morgan fingerprint density at radius 1 is 1.20 bits per heavy atom. The summed E-state index contributed by atoms with van der Waals surface area (Å²) >= 11 is 6.48. The maximum atomic E-state index is 12.1. The van der Waals surface area contributed by atoms with Crippen LogP contribution in [0.2, 0.25) is 0 Å². The van der Waals surface area contributed by atoms with E-state index in [2.05, 4.69) is 36.4 Å². The van der Waals surface area contributed by atoms with Gasteiger partial charge >= 0.3 is 0 Å². The molecule has 0 aliphatic carbocycles. The molecule has 1 aromatic carbocycles. The lowest BCUT2D eigenvalue weighted by atomic mass is 10.1. The first-order valence-corrected chi connectivity index (χ1v) is 9.88. The van der Waals surface area contributed by atoms with Crippen molar-refractivity contribution in [2.45, 2.75) is 10.9 Å².